The van der Waals surface area contributed by atoms with Gasteiger partial charge in [-0.25, -0.2) is 0 Å². The number of unbranched alkanes of at least 4 members (excludes halogenated alkanes) is 32. The van der Waals surface area contributed by atoms with E-state index < -0.39 is 29.4 Å². The smallest absolute Gasteiger partial charge is 0.183 e. The van der Waals surface area contributed by atoms with Gasteiger partial charge in [-0.1, -0.05) is 238 Å². The molecule has 5 nitrogen and oxygen atoms in total. The van der Waals surface area contributed by atoms with E-state index in [1.807, 2.05) is 0 Å². The van der Waals surface area contributed by atoms with Crippen molar-refractivity contribution in [2.24, 2.45) is 0 Å². The lowest BCUT2D eigenvalue weighted by molar-refractivity contribution is -0.154. The Morgan fingerprint density at radius 3 is 0.962 bits per heavy atom. The largest absolute Gasteiger partial charge is 0.386 e. The second-order valence-electron chi connectivity index (χ2n) is 16.5. The molecule has 314 valence electrons. The van der Waals surface area contributed by atoms with Crippen molar-refractivity contribution in [2.45, 2.75) is 283 Å². The monoisotopic (exact) mass is 767 g/mol. The number of hydrogen-bond donors (Lipinski definition) is 3. The van der Waals surface area contributed by atoms with E-state index in [2.05, 4.69) is 20.8 Å². The lowest BCUT2D eigenvalue weighted by atomic mass is 9.80. The van der Waals surface area contributed by atoms with Crippen LogP contribution in [0.5, 0.6) is 0 Å². The van der Waals surface area contributed by atoms with E-state index in [0.29, 0.717) is 19.3 Å². The van der Waals surface area contributed by atoms with Gasteiger partial charge >= 0.3 is 0 Å². The number of aliphatic hydroxyl groups excluding tert-OH is 2. The maximum absolute atomic E-state index is 13.6. The molecule has 0 spiro atoms. The number of aliphatic hydroxyl groups is 3. The lowest BCUT2D eigenvalue weighted by Crippen LogP contribution is -2.60. The van der Waals surface area contributed by atoms with Crippen molar-refractivity contribution in [3.8, 4) is 0 Å². The van der Waals surface area contributed by atoms with Crippen LogP contribution >= 0.6 is 12.2 Å². The van der Waals surface area contributed by atoms with Gasteiger partial charge in [-0.2, -0.15) is 0 Å². The first-order valence-corrected chi connectivity index (χ1v) is 23.9. The topological polar surface area (TPSA) is 94.8 Å². The minimum absolute atomic E-state index is 0.0719. The van der Waals surface area contributed by atoms with Crippen LogP contribution < -0.4 is 0 Å². The van der Waals surface area contributed by atoms with Gasteiger partial charge in [-0.05, 0) is 25.7 Å². The van der Waals surface area contributed by atoms with Crippen molar-refractivity contribution in [3.05, 3.63) is 0 Å². The normalized spacial score (nSPS) is 13.9. The van der Waals surface area contributed by atoms with Gasteiger partial charge in [-0.15, -0.1) is 0 Å². The zero-order chi connectivity index (χ0) is 39.3. The molecule has 0 radical (unpaired) electrons. The van der Waals surface area contributed by atoms with Crippen LogP contribution in [0.4, 0.5) is 0 Å². The zero-order valence-corrected chi connectivity index (χ0v) is 36.4. The lowest BCUT2D eigenvalue weighted by Gasteiger charge is -2.34. The molecule has 0 heterocycles. The molecule has 0 aliphatic rings. The second kappa shape index (κ2) is 38.2. The highest BCUT2D eigenvalue weighted by atomic mass is 32.1. The van der Waals surface area contributed by atoms with E-state index >= 15 is 0 Å². The molecule has 0 amide bonds. The van der Waals surface area contributed by atoms with Crippen LogP contribution in [-0.4, -0.2) is 49.6 Å². The molecule has 6 heteroatoms. The molecule has 53 heavy (non-hydrogen) atoms. The third-order valence-corrected chi connectivity index (χ3v) is 12.0. The molecule has 0 bridgehead atoms. The molecule has 0 fully saturated rings. The van der Waals surface area contributed by atoms with E-state index in [0.717, 1.165) is 57.8 Å². The average Bonchev–Trinajstić information content (AvgIpc) is 3.16. The minimum atomic E-state index is -2.38. The third-order valence-electron chi connectivity index (χ3n) is 11.4. The molecule has 3 atom stereocenters. The summed E-state index contributed by atoms with van der Waals surface area (Å²) in [6, 6.07) is 0. The van der Waals surface area contributed by atoms with Crippen LogP contribution in [-0.2, 0) is 9.59 Å². The molecule has 0 rings (SSSR count). The fourth-order valence-electron chi connectivity index (χ4n) is 7.64. The van der Waals surface area contributed by atoms with Crippen LogP contribution in [0.15, 0.2) is 0 Å². The summed E-state index contributed by atoms with van der Waals surface area (Å²) in [7, 11) is 0. The quantitative estimate of drug-likeness (QED) is 0.0422. The van der Waals surface area contributed by atoms with E-state index in [1.54, 1.807) is 0 Å². The first-order valence-electron chi connectivity index (χ1n) is 23.4. The van der Waals surface area contributed by atoms with Gasteiger partial charge < -0.3 is 15.3 Å². The van der Waals surface area contributed by atoms with E-state index in [1.165, 1.54) is 154 Å². The molecular weight excluding hydrogens is 677 g/mol. The van der Waals surface area contributed by atoms with Crippen molar-refractivity contribution >= 4 is 28.6 Å². The predicted molar refractivity (Wildman–Crippen MR) is 232 cm³/mol. The Morgan fingerprint density at radius 2 is 0.660 bits per heavy atom. The number of thiocarbonyl (C=S) groups is 1. The number of rotatable bonds is 43. The van der Waals surface area contributed by atoms with E-state index in [4.69, 9.17) is 12.2 Å². The van der Waals surface area contributed by atoms with Gasteiger partial charge in [0.2, 0.25) is 0 Å². The highest BCUT2D eigenvalue weighted by Crippen LogP contribution is 2.26. The summed E-state index contributed by atoms with van der Waals surface area (Å²) in [5, 5.41) is 34.0. The van der Waals surface area contributed by atoms with Gasteiger partial charge in [0.1, 0.15) is 12.2 Å². The molecule has 0 aliphatic carbocycles. The van der Waals surface area contributed by atoms with Crippen molar-refractivity contribution in [1.29, 1.82) is 0 Å². The molecule has 0 saturated heterocycles. The average molecular weight is 767 g/mol. The summed E-state index contributed by atoms with van der Waals surface area (Å²) < 4.78 is 0. The fourth-order valence-corrected chi connectivity index (χ4v) is 8.01. The molecule has 0 aliphatic heterocycles. The minimum Gasteiger partial charge on any atom is -0.386 e. The van der Waals surface area contributed by atoms with Gasteiger partial charge in [-0.3, -0.25) is 9.59 Å². The van der Waals surface area contributed by atoms with Crippen molar-refractivity contribution in [3.63, 3.8) is 0 Å². The zero-order valence-electron chi connectivity index (χ0n) is 35.6. The Balaban J connectivity index is 4.81. The Hall–Kier alpha value is -0.690. The maximum atomic E-state index is 13.6. The summed E-state index contributed by atoms with van der Waals surface area (Å²) in [6.07, 6.45) is 37.9. The fraction of sp³-hybridized carbons (Fsp3) is 0.936. The van der Waals surface area contributed by atoms with Gasteiger partial charge in [0.05, 0.1) is 0 Å². The Kier molecular flexibility index (Phi) is 37.7. The number of Topliss-reactive ketones (excluding diaryl/α,β-unsaturated/α-hetero) is 2. The third kappa shape index (κ3) is 28.4. The van der Waals surface area contributed by atoms with Crippen LogP contribution in [0.1, 0.15) is 265 Å². The summed E-state index contributed by atoms with van der Waals surface area (Å²) >= 11 is 5.65. The molecule has 0 aromatic heterocycles. The number of carbonyl (C=O) groups is 2. The summed E-state index contributed by atoms with van der Waals surface area (Å²) in [5.74, 6) is -1.07. The highest BCUT2D eigenvalue weighted by molar-refractivity contribution is 7.80. The summed E-state index contributed by atoms with van der Waals surface area (Å²) in [6.45, 7) is 6.73. The number of hydrogen-bond acceptors (Lipinski definition) is 6. The number of carbonyl (C=O) groups excluding carboxylic acids is 2. The number of ketones is 2. The maximum Gasteiger partial charge on any atom is 0.183 e. The van der Waals surface area contributed by atoms with E-state index in [9.17, 15) is 24.9 Å². The standard InChI is InChI=1S/C47H90O5S/c1-4-7-10-13-16-19-22-23-26-29-32-35-38-41-44(53)47(52,43(49)40-37-34-31-28-25-21-18-15-12-9-6-3)46(51)45(50)42(48)39-36-33-30-27-24-20-17-14-11-8-5-2/h45-46,50-52H,4-41H2,1-3H3. The van der Waals surface area contributed by atoms with Crippen molar-refractivity contribution in [2.75, 3.05) is 0 Å². The Morgan fingerprint density at radius 1 is 0.415 bits per heavy atom. The Labute approximate surface area is 335 Å². The van der Waals surface area contributed by atoms with Crippen LogP contribution in [0, 0.1) is 0 Å². The highest BCUT2D eigenvalue weighted by Gasteiger charge is 2.50. The first-order chi connectivity index (χ1) is 25.8. The van der Waals surface area contributed by atoms with Crippen LogP contribution in [0.25, 0.3) is 0 Å². The summed E-state index contributed by atoms with van der Waals surface area (Å²) in [4.78, 5) is 26.7. The van der Waals surface area contributed by atoms with Crippen molar-refractivity contribution in [1.82, 2.24) is 0 Å². The van der Waals surface area contributed by atoms with Crippen LogP contribution in [0.2, 0.25) is 0 Å². The van der Waals surface area contributed by atoms with Gasteiger partial charge in [0.15, 0.2) is 17.2 Å². The first kappa shape index (κ1) is 52.3. The molecular formula is C47H90O5S. The Bertz CT molecular complexity index is 847. The van der Waals surface area contributed by atoms with Crippen LogP contribution in [0.3, 0.4) is 0 Å². The predicted octanol–water partition coefficient (Wildman–Crippen LogP) is 13.8. The molecule has 0 aromatic rings. The summed E-state index contributed by atoms with van der Waals surface area (Å²) in [5.41, 5.74) is -2.38. The molecule has 0 aromatic carbocycles. The molecule has 3 N–H and O–H groups in total. The molecule has 3 unspecified atom stereocenters. The van der Waals surface area contributed by atoms with Gasteiger partial charge in [0.25, 0.3) is 0 Å². The SMILES string of the molecule is CCCCCCCCCCCCCCCC(=S)C(O)(C(=O)CCCCCCCCCCCCC)C(O)C(O)C(=O)CCCCCCCCCCCCC. The van der Waals surface area contributed by atoms with E-state index in [-0.39, 0.29) is 17.7 Å². The van der Waals surface area contributed by atoms with Gasteiger partial charge in [0, 0.05) is 17.7 Å². The van der Waals surface area contributed by atoms with Crippen molar-refractivity contribution < 1.29 is 24.9 Å². The second-order valence-corrected chi connectivity index (χ2v) is 17.0. The molecule has 0 saturated carbocycles.